The van der Waals surface area contributed by atoms with Crippen molar-refractivity contribution in [3.63, 3.8) is 0 Å². The number of carboxylic acids is 1. The molecule has 2 N–H and O–H groups in total. The van der Waals surface area contributed by atoms with Crippen molar-refractivity contribution < 1.29 is 14.7 Å². The van der Waals surface area contributed by atoms with Gasteiger partial charge in [-0.25, -0.2) is 0 Å². The highest BCUT2D eigenvalue weighted by molar-refractivity contribution is 6.07. The number of carbonyl (C=O) groups is 2. The Hall–Kier alpha value is -2.30. The Balaban J connectivity index is 2.35. The molecule has 5 nitrogen and oxygen atoms in total. The molecule has 0 radical (unpaired) electrons. The van der Waals surface area contributed by atoms with Gasteiger partial charge in [0.05, 0.1) is 12.0 Å². The molecule has 0 aliphatic heterocycles. The largest absolute Gasteiger partial charge is 0.481 e. The predicted molar refractivity (Wildman–Crippen MR) is 81.3 cm³/mol. The van der Waals surface area contributed by atoms with Crippen LogP contribution in [0.15, 0.2) is 30.5 Å². The van der Waals surface area contributed by atoms with E-state index in [1.54, 1.807) is 11.1 Å². The third kappa shape index (κ3) is 3.24. The molecule has 0 fully saturated rings. The summed E-state index contributed by atoms with van der Waals surface area (Å²) in [6, 6.07) is 7.58. The number of hydrogen-bond donors (Lipinski definition) is 2. The molecule has 1 aromatic carbocycles. The summed E-state index contributed by atoms with van der Waals surface area (Å²) in [5, 5.41) is 9.72. The molecule has 0 aliphatic rings. The van der Waals surface area contributed by atoms with Crippen LogP contribution in [-0.4, -0.2) is 39.0 Å². The van der Waals surface area contributed by atoms with Crippen molar-refractivity contribution in [2.45, 2.75) is 32.7 Å². The second-order valence-electron chi connectivity index (χ2n) is 6.02. The van der Waals surface area contributed by atoms with Crippen LogP contribution in [0, 0.1) is 0 Å². The number of nitrogens with zero attached hydrogens (tertiary/aromatic N) is 1. The van der Waals surface area contributed by atoms with E-state index in [4.69, 9.17) is 5.11 Å². The normalized spacial score (nSPS) is 11.6. The lowest BCUT2D eigenvalue weighted by Gasteiger charge is -2.35. The number of carboxylic acid groups (broad SMARTS) is 1. The zero-order valence-corrected chi connectivity index (χ0v) is 12.5. The first-order valence-corrected chi connectivity index (χ1v) is 6.90. The highest BCUT2D eigenvalue weighted by atomic mass is 16.4. The number of hydrogen-bond acceptors (Lipinski definition) is 2. The molecule has 0 bridgehead atoms. The molecule has 2 aromatic rings. The monoisotopic (exact) mass is 288 g/mol. The minimum Gasteiger partial charge on any atom is -0.481 e. The number of H-pyrrole nitrogens is 1. The molecule has 0 aliphatic carbocycles. The molecule has 112 valence electrons. The summed E-state index contributed by atoms with van der Waals surface area (Å²) in [5.74, 6) is -1.06. The van der Waals surface area contributed by atoms with Gasteiger partial charge in [0.1, 0.15) is 0 Å². The Morgan fingerprint density at radius 2 is 1.90 bits per heavy atom. The number of aromatic amines is 1. The van der Waals surface area contributed by atoms with Gasteiger partial charge in [-0.2, -0.15) is 0 Å². The molecule has 1 amide bonds. The number of carbonyl (C=O) groups excluding carboxylic acids is 1. The summed E-state index contributed by atoms with van der Waals surface area (Å²) in [5.41, 5.74) is 1.03. The smallest absolute Gasteiger partial charge is 0.305 e. The predicted octanol–water partition coefficient (Wildman–Crippen LogP) is 2.88. The van der Waals surface area contributed by atoms with Crippen LogP contribution in [0.4, 0.5) is 0 Å². The molecule has 2 rings (SSSR count). The van der Waals surface area contributed by atoms with Crippen molar-refractivity contribution >= 4 is 22.8 Å². The minimum atomic E-state index is -0.907. The highest BCUT2D eigenvalue weighted by Gasteiger charge is 2.29. The van der Waals surface area contributed by atoms with E-state index < -0.39 is 11.5 Å². The van der Waals surface area contributed by atoms with Gasteiger partial charge in [0.25, 0.3) is 5.91 Å². The number of rotatable bonds is 4. The number of aromatic nitrogens is 1. The average molecular weight is 288 g/mol. The maximum Gasteiger partial charge on any atom is 0.305 e. The number of benzene rings is 1. The van der Waals surface area contributed by atoms with Crippen LogP contribution < -0.4 is 0 Å². The Kier molecular flexibility index (Phi) is 4.02. The van der Waals surface area contributed by atoms with Crippen molar-refractivity contribution in [3.05, 3.63) is 36.0 Å². The summed E-state index contributed by atoms with van der Waals surface area (Å²) in [6.07, 6.45) is 1.62. The second-order valence-corrected chi connectivity index (χ2v) is 6.02. The van der Waals surface area contributed by atoms with Crippen LogP contribution in [0.5, 0.6) is 0 Å². The van der Waals surface area contributed by atoms with Crippen molar-refractivity contribution in [1.29, 1.82) is 0 Å². The van der Waals surface area contributed by atoms with Crippen molar-refractivity contribution in [2.24, 2.45) is 0 Å². The molecule has 1 heterocycles. The maximum atomic E-state index is 12.8. The SMILES string of the molecule is CC(C)(C)N(CCC(=O)O)C(=O)c1c[nH]c2ccccc12. The van der Waals surface area contributed by atoms with Gasteiger partial charge < -0.3 is 15.0 Å². The molecular weight excluding hydrogens is 268 g/mol. The number of nitrogens with one attached hydrogen (secondary N) is 1. The fraction of sp³-hybridized carbons (Fsp3) is 0.375. The third-order valence-electron chi connectivity index (χ3n) is 3.42. The first kappa shape index (κ1) is 15.1. The van der Waals surface area contributed by atoms with E-state index >= 15 is 0 Å². The summed E-state index contributed by atoms with van der Waals surface area (Å²) < 4.78 is 0. The van der Waals surface area contributed by atoms with Gasteiger partial charge in [-0.3, -0.25) is 9.59 Å². The number of amides is 1. The van der Waals surface area contributed by atoms with E-state index in [-0.39, 0.29) is 18.9 Å². The standard InChI is InChI=1S/C16H20N2O3/c1-16(2,3)18(9-8-14(19)20)15(21)12-10-17-13-7-5-4-6-11(12)13/h4-7,10,17H,8-9H2,1-3H3,(H,19,20). The van der Waals surface area contributed by atoms with Gasteiger partial charge in [0.2, 0.25) is 0 Å². The Bertz CT molecular complexity index is 667. The van der Waals surface area contributed by atoms with Crippen molar-refractivity contribution in [1.82, 2.24) is 9.88 Å². The van der Waals surface area contributed by atoms with Crippen molar-refractivity contribution in [2.75, 3.05) is 6.54 Å². The fourth-order valence-electron chi connectivity index (χ4n) is 2.34. The van der Waals surface area contributed by atoms with E-state index in [1.807, 2.05) is 45.0 Å². The summed E-state index contributed by atoms with van der Waals surface area (Å²) >= 11 is 0. The molecular formula is C16H20N2O3. The third-order valence-corrected chi connectivity index (χ3v) is 3.42. The average Bonchev–Trinajstić information content (AvgIpc) is 2.80. The second kappa shape index (κ2) is 5.60. The lowest BCUT2D eigenvalue weighted by atomic mass is 10.0. The van der Waals surface area contributed by atoms with Gasteiger partial charge in [0, 0.05) is 29.2 Å². The first-order valence-electron chi connectivity index (χ1n) is 6.90. The van der Waals surface area contributed by atoms with E-state index in [9.17, 15) is 9.59 Å². The van der Waals surface area contributed by atoms with Gasteiger partial charge in [-0.05, 0) is 26.8 Å². The number of fused-ring (bicyclic) bond motifs is 1. The minimum absolute atomic E-state index is 0.0641. The molecule has 0 spiro atoms. The Morgan fingerprint density at radius 1 is 1.24 bits per heavy atom. The zero-order valence-electron chi connectivity index (χ0n) is 12.5. The number of para-hydroxylation sites is 1. The topological polar surface area (TPSA) is 73.4 Å². The van der Waals surface area contributed by atoms with Gasteiger partial charge >= 0.3 is 5.97 Å². The van der Waals surface area contributed by atoms with E-state index in [2.05, 4.69) is 4.98 Å². The molecule has 0 atom stereocenters. The van der Waals surface area contributed by atoms with E-state index in [0.717, 1.165) is 10.9 Å². The van der Waals surface area contributed by atoms with Gasteiger partial charge in [-0.1, -0.05) is 18.2 Å². The van der Waals surface area contributed by atoms with Crippen LogP contribution in [0.25, 0.3) is 10.9 Å². The maximum absolute atomic E-state index is 12.8. The lowest BCUT2D eigenvalue weighted by Crippen LogP contribution is -2.46. The molecule has 1 aromatic heterocycles. The zero-order chi connectivity index (χ0) is 15.6. The Labute approximate surface area is 123 Å². The van der Waals surface area contributed by atoms with Crippen LogP contribution in [0.2, 0.25) is 0 Å². The molecule has 21 heavy (non-hydrogen) atoms. The molecule has 5 heteroatoms. The first-order chi connectivity index (χ1) is 9.80. The summed E-state index contributed by atoms with van der Waals surface area (Å²) in [7, 11) is 0. The van der Waals surface area contributed by atoms with Crippen LogP contribution >= 0.6 is 0 Å². The fourth-order valence-corrected chi connectivity index (χ4v) is 2.34. The quantitative estimate of drug-likeness (QED) is 0.908. The molecule has 0 saturated carbocycles. The van der Waals surface area contributed by atoms with Crippen LogP contribution in [0.1, 0.15) is 37.6 Å². The van der Waals surface area contributed by atoms with E-state index in [0.29, 0.717) is 5.56 Å². The Morgan fingerprint density at radius 3 is 2.52 bits per heavy atom. The molecule has 0 unspecified atom stereocenters. The lowest BCUT2D eigenvalue weighted by molar-refractivity contribution is -0.137. The van der Waals surface area contributed by atoms with E-state index in [1.165, 1.54) is 0 Å². The van der Waals surface area contributed by atoms with Gasteiger partial charge in [0.15, 0.2) is 0 Å². The number of aliphatic carboxylic acids is 1. The highest BCUT2D eigenvalue weighted by Crippen LogP contribution is 2.23. The van der Waals surface area contributed by atoms with Gasteiger partial charge in [-0.15, -0.1) is 0 Å². The van der Waals surface area contributed by atoms with Crippen LogP contribution in [-0.2, 0) is 4.79 Å². The van der Waals surface area contributed by atoms with Crippen molar-refractivity contribution in [3.8, 4) is 0 Å². The molecule has 0 saturated heterocycles. The van der Waals surface area contributed by atoms with Crippen LogP contribution in [0.3, 0.4) is 0 Å². The summed E-state index contributed by atoms with van der Waals surface area (Å²) in [6.45, 7) is 5.90. The summed E-state index contributed by atoms with van der Waals surface area (Å²) in [4.78, 5) is 28.3.